The molecule has 0 aromatic carbocycles. The molecule has 0 bridgehead atoms. The van der Waals surface area contributed by atoms with Crippen molar-refractivity contribution in [3.8, 4) is 0 Å². The minimum Gasteiger partial charge on any atom is -0.308 e. The molecule has 2 aromatic heterocycles. The van der Waals surface area contributed by atoms with Crippen LogP contribution in [0.1, 0.15) is 0 Å². The van der Waals surface area contributed by atoms with E-state index in [0.717, 1.165) is 4.47 Å². The van der Waals surface area contributed by atoms with E-state index in [4.69, 9.17) is 0 Å². The van der Waals surface area contributed by atoms with Crippen LogP contribution in [0.2, 0.25) is 0 Å². The van der Waals surface area contributed by atoms with Gasteiger partial charge in [-0.15, -0.1) is 5.10 Å². The van der Waals surface area contributed by atoms with Crippen molar-refractivity contribution in [2.24, 2.45) is 0 Å². The van der Waals surface area contributed by atoms with E-state index in [1.165, 1.54) is 11.0 Å². The van der Waals surface area contributed by atoms with Crippen molar-refractivity contribution in [3.05, 3.63) is 29.1 Å². The number of aromatic nitrogens is 5. The third-order valence-electron chi connectivity index (χ3n) is 1.71. The predicted octanol–water partition coefficient (Wildman–Crippen LogP) is 0.469. The molecule has 1 amide bonds. The van der Waals surface area contributed by atoms with Crippen LogP contribution in [0.5, 0.6) is 0 Å². The third kappa shape index (κ3) is 2.60. The van der Waals surface area contributed by atoms with Gasteiger partial charge in [0.1, 0.15) is 18.7 Å². The van der Waals surface area contributed by atoms with Crippen molar-refractivity contribution >= 4 is 27.7 Å². The Balaban J connectivity index is 2.00. The monoisotopic (exact) mass is 282 g/mol. The van der Waals surface area contributed by atoms with Crippen LogP contribution in [0.3, 0.4) is 0 Å². The van der Waals surface area contributed by atoms with Gasteiger partial charge in [-0.2, -0.15) is 0 Å². The van der Waals surface area contributed by atoms with E-state index in [-0.39, 0.29) is 12.5 Å². The van der Waals surface area contributed by atoms with Gasteiger partial charge in [-0.05, 0) is 38.5 Å². The highest BCUT2D eigenvalue weighted by Crippen LogP contribution is 2.17. The standard InChI is InChI=1S/C8H7BrN6O/c9-6-2-1-3-10-8(6)12-7(16)4-15-5-11-13-14-15/h1-3,5H,4H2,(H,10,12,16). The topological polar surface area (TPSA) is 85.6 Å². The van der Waals surface area contributed by atoms with Crippen molar-refractivity contribution < 1.29 is 4.79 Å². The summed E-state index contributed by atoms with van der Waals surface area (Å²) in [6.07, 6.45) is 2.96. The Labute approximate surface area is 99.0 Å². The molecule has 0 spiro atoms. The molecule has 2 heterocycles. The minimum absolute atomic E-state index is 0.0516. The van der Waals surface area contributed by atoms with Crippen LogP contribution in [0.25, 0.3) is 0 Å². The van der Waals surface area contributed by atoms with E-state index < -0.39 is 0 Å². The Morgan fingerprint density at radius 2 is 2.44 bits per heavy atom. The number of amides is 1. The molecule has 0 atom stereocenters. The molecule has 2 rings (SSSR count). The Kier molecular flexibility index (Phi) is 3.20. The smallest absolute Gasteiger partial charge is 0.247 e. The number of rotatable bonds is 3. The predicted molar refractivity (Wildman–Crippen MR) is 58.4 cm³/mol. The van der Waals surface area contributed by atoms with Crippen LogP contribution >= 0.6 is 15.9 Å². The molecule has 1 N–H and O–H groups in total. The molecule has 0 fully saturated rings. The number of halogens is 1. The maximum absolute atomic E-state index is 11.5. The average Bonchev–Trinajstić information content (AvgIpc) is 2.74. The number of nitrogens with one attached hydrogen (secondary N) is 1. The zero-order valence-corrected chi connectivity index (χ0v) is 9.62. The fourth-order valence-corrected chi connectivity index (χ4v) is 1.40. The molecule has 0 unspecified atom stereocenters. The molecule has 0 aliphatic heterocycles. The average molecular weight is 283 g/mol. The lowest BCUT2D eigenvalue weighted by Crippen LogP contribution is -2.20. The molecule has 2 aromatic rings. The summed E-state index contributed by atoms with van der Waals surface area (Å²) in [6.45, 7) is 0.0516. The molecule has 7 nitrogen and oxygen atoms in total. The first-order chi connectivity index (χ1) is 7.75. The SMILES string of the molecule is O=C(Cn1cnnn1)Nc1ncccc1Br. The van der Waals surface area contributed by atoms with Crippen molar-refractivity contribution in [1.82, 2.24) is 25.2 Å². The summed E-state index contributed by atoms with van der Waals surface area (Å²) in [4.78, 5) is 15.6. The van der Waals surface area contributed by atoms with Gasteiger partial charge in [0.15, 0.2) is 0 Å². The maximum atomic E-state index is 11.5. The van der Waals surface area contributed by atoms with E-state index in [1.807, 2.05) is 0 Å². The zero-order valence-electron chi connectivity index (χ0n) is 8.04. The zero-order chi connectivity index (χ0) is 11.4. The Hall–Kier alpha value is -1.83. The lowest BCUT2D eigenvalue weighted by Gasteiger charge is -2.04. The normalized spacial score (nSPS) is 10.1. The summed E-state index contributed by atoms with van der Waals surface area (Å²) in [5.74, 6) is 0.229. The summed E-state index contributed by atoms with van der Waals surface area (Å²) in [5.41, 5.74) is 0. The molecule has 0 saturated carbocycles. The maximum Gasteiger partial charge on any atom is 0.247 e. The first-order valence-electron chi connectivity index (χ1n) is 4.37. The molecule has 0 saturated heterocycles. The van der Waals surface area contributed by atoms with Gasteiger partial charge < -0.3 is 5.32 Å². The van der Waals surface area contributed by atoms with Gasteiger partial charge in [-0.25, -0.2) is 9.67 Å². The van der Waals surface area contributed by atoms with Gasteiger partial charge in [0, 0.05) is 6.20 Å². The van der Waals surface area contributed by atoms with Crippen LogP contribution < -0.4 is 5.32 Å². The van der Waals surface area contributed by atoms with Crippen LogP contribution in [0.15, 0.2) is 29.1 Å². The lowest BCUT2D eigenvalue weighted by atomic mass is 10.4. The number of tetrazole rings is 1. The minimum atomic E-state index is -0.244. The number of anilines is 1. The fourth-order valence-electron chi connectivity index (χ4n) is 1.05. The third-order valence-corrected chi connectivity index (χ3v) is 2.35. The van der Waals surface area contributed by atoms with Crippen molar-refractivity contribution in [2.75, 3.05) is 5.32 Å². The van der Waals surface area contributed by atoms with Gasteiger partial charge in [-0.3, -0.25) is 4.79 Å². The lowest BCUT2D eigenvalue weighted by molar-refractivity contribution is -0.117. The number of pyridine rings is 1. The van der Waals surface area contributed by atoms with Crippen molar-refractivity contribution in [3.63, 3.8) is 0 Å². The Morgan fingerprint density at radius 1 is 1.56 bits per heavy atom. The quantitative estimate of drug-likeness (QED) is 0.885. The van der Waals surface area contributed by atoms with Crippen LogP contribution in [0.4, 0.5) is 5.82 Å². The van der Waals surface area contributed by atoms with Crippen molar-refractivity contribution in [1.29, 1.82) is 0 Å². The fraction of sp³-hybridized carbons (Fsp3) is 0.125. The van der Waals surface area contributed by atoms with Crippen molar-refractivity contribution in [2.45, 2.75) is 6.54 Å². The van der Waals surface area contributed by atoms with Crippen LogP contribution in [0, 0.1) is 0 Å². The molecule has 16 heavy (non-hydrogen) atoms. The molecule has 8 heteroatoms. The molecular formula is C8H7BrN6O. The summed E-state index contributed by atoms with van der Waals surface area (Å²) < 4.78 is 2.05. The number of hydrogen-bond acceptors (Lipinski definition) is 5. The summed E-state index contributed by atoms with van der Waals surface area (Å²) >= 11 is 3.28. The number of nitrogens with zero attached hydrogens (tertiary/aromatic N) is 5. The second-order valence-corrected chi connectivity index (χ2v) is 3.74. The molecule has 0 aliphatic rings. The Bertz CT molecular complexity index is 485. The van der Waals surface area contributed by atoms with Gasteiger partial charge in [0.05, 0.1) is 4.47 Å². The van der Waals surface area contributed by atoms with E-state index in [2.05, 4.69) is 41.8 Å². The molecule has 82 valence electrons. The van der Waals surface area contributed by atoms with E-state index in [9.17, 15) is 4.79 Å². The van der Waals surface area contributed by atoms with Gasteiger partial charge in [-0.1, -0.05) is 0 Å². The first kappa shape index (κ1) is 10.7. The van der Waals surface area contributed by atoms with E-state index in [1.54, 1.807) is 18.3 Å². The second kappa shape index (κ2) is 4.79. The Morgan fingerprint density at radius 3 is 3.12 bits per heavy atom. The second-order valence-electron chi connectivity index (χ2n) is 2.89. The summed E-state index contributed by atoms with van der Waals surface area (Å²) in [7, 11) is 0. The van der Waals surface area contributed by atoms with Crippen LogP contribution in [-0.4, -0.2) is 31.1 Å². The molecule has 0 radical (unpaired) electrons. The number of carbonyl (C=O) groups is 1. The largest absolute Gasteiger partial charge is 0.308 e. The van der Waals surface area contributed by atoms with E-state index >= 15 is 0 Å². The summed E-state index contributed by atoms with van der Waals surface area (Å²) in [5, 5.41) is 13.1. The van der Waals surface area contributed by atoms with Crippen LogP contribution in [-0.2, 0) is 11.3 Å². The number of hydrogen-bond donors (Lipinski definition) is 1. The highest BCUT2D eigenvalue weighted by atomic mass is 79.9. The highest BCUT2D eigenvalue weighted by Gasteiger charge is 2.07. The molecular weight excluding hydrogens is 276 g/mol. The highest BCUT2D eigenvalue weighted by molar-refractivity contribution is 9.10. The first-order valence-corrected chi connectivity index (χ1v) is 5.16. The van der Waals surface area contributed by atoms with E-state index in [0.29, 0.717) is 5.82 Å². The van der Waals surface area contributed by atoms with Gasteiger partial charge in [0.25, 0.3) is 0 Å². The number of carbonyl (C=O) groups excluding carboxylic acids is 1. The summed E-state index contributed by atoms with van der Waals surface area (Å²) in [6, 6.07) is 3.56. The van der Waals surface area contributed by atoms with Gasteiger partial charge >= 0.3 is 0 Å². The molecule has 0 aliphatic carbocycles. The van der Waals surface area contributed by atoms with Gasteiger partial charge in [0.2, 0.25) is 5.91 Å².